The predicted molar refractivity (Wildman–Crippen MR) is 138 cm³/mol. The van der Waals surface area contributed by atoms with E-state index in [0.29, 0.717) is 53.2 Å². The van der Waals surface area contributed by atoms with Gasteiger partial charge in [0, 0.05) is 56.3 Å². The summed E-state index contributed by atoms with van der Waals surface area (Å²) >= 11 is 0. The predicted octanol–water partition coefficient (Wildman–Crippen LogP) is 3.80. The zero-order chi connectivity index (χ0) is 27.8. The molecule has 40 heavy (non-hydrogen) atoms. The van der Waals surface area contributed by atoms with Crippen LogP contribution >= 0.6 is 0 Å². The highest BCUT2D eigenvalue weighted by molar-refractivity contribution is 5.83. The highest BCUT2D eigenvalue weighted by Gasteiger charge is 2.19. The molecule has 0 bridgehead atoms. The summed E-state index contributed by atoms with van der Waals surface area (Å²) in [4.78, 5) is 24.2. The quantitative estimate of drug-likeness (QED) is 0.301. The van der Waals surface area contributed by atoms with E-state index in [1.54, 1.807) is 31.4 Å². The number of benzene rings is 1. The van der Waals surface area contributed by atoms with Gasteiger partial charge in [-0.05, 0) is 24.3 Å². The monoisotopic (exact) mass is 551 g/mol. The number of imidazole rings is 1. The van der Waals surface area contributed by atoms with Crippen LogP contribution in [-0.4, -0.2) is 60.5 Å². The van der Waals surface area contributed by atoms with Gasteiger partial charge in [-0.25, -0.2) is 9.18 Å². The molecular weight excluding hydrogens is 527 g/mol. The molecule has 0 N–H and O–H groups in total. The fraction of sp³-hybridized carbons (Fsp3) is 0.296. The van der Waals surface area contributed by atoms with Crippen LogP contribution in [0.25, 0.3) is 33.6 Å². The number of morpholine rings is 1. The zero-order valence-electron chi connectivity index (χ0n) is 21.4. The van der Waals surface area contributed by atoms with Crippen molar-refractivity contribution in [2.75, 3.05) is 26.3 Å². The molecule has 0 radical (unpaired) electrons. The number of alkyl halides is 2. The van der Waals surface area contributed by atoms with Crippen molar-refractivity contribution in [3.8, 4) is 22.6 Å². The van der Waals surface area contributed by atoms with Crippen molar-refractivity contribution in [2.24, 2.45) is 7.05 Å². The Balaban J connectivity index is 1.25. The average Bonchev–Trinajstić information content (AvgIpc) is 3.55. The van der Waals surface area contributed by atoms with E-state index in [0.717, 1.165) is 18.8 Å². The number of pyridine rings is 2. The molecule has 0 atom stereocenters. The molecule has 1 aliphatic rings. The van der Waals surface area contributed by atoms with Gasteiger partial charge in [0.05, 0.1) is 47.7 Å². The van der Waals surface area contributed by atoms with Crippen molar-refractivity contribution in [3.05, 3.63) is 82.4 Å². The van der Waals surface area contributed by atoms with Crippen LogP contribution in [0.3, 0.4) is 0 Å². The summed E-state index contributed by atoms with van der Waals surface area (Å²) in [5, 5.41) is 6.91. The van der Waals surface area contributed by atoms with Gasteiger partial charge >= 0.3 is 12.1 Å². The first-order valence-corrected chi connectivity index (χ1v) is 12.6. The normalized spacial score (nSPS) is 14.4. The Kier molecular flexibility index (Phi) is 6.90. The zero-order valence-corrected chi connectivity index (χ0v) is 21.4. The van der Waals surface area contributed by atoms with Crippen molar-refractivity contribution >= 4 is 11.0 Å². The third kappa shape index (κ3) is 5.00. The van der Waals surface area contributed by atoms with E-state index >= 15 is 4.39 Å². The number of hydrogen-bond donors (Lipinski definition) is 0. The van der Waals surface area contributed by atoms with Gasteiger partial charge in [0.25, 0.3) is 5.89 Å². The minimum atomic E-state index is -2.87. The molecule has 1 saturated heterocycles. The third-order valence-corrected chi connectivity index (χ3v) is 6.88. The molecule has 5 heterocycles. The number of hydrogen-bond acceptors (Lipinski definition) is 8. The summed E-state index contributed by atoms with van der Waals surface area (Å²) in [6.07, 6.45) is 0.167. The van der Waals surface area contributed by atoms with Crippen LogP contribution in [0.4, 0.5) is 13.2 Å². The van der Waals surface area contributed by atoms with E-state index in [4.69, 9.17) is 9.15 Å². The van der Waals surface area contributed by atoms with Crippen molar-refractivity contribution in [2.45, 2.75) is 19.5 Å². The van der Waals surface area contributed by atoms with Gasteiger partial charge in [-0.1, -0.05) is 6.07 Å². The number of fused-ring (bicyclic) bond motifs is 1. The lowest BCUT2D eigenvalue weighted by atomic mass is 10.1. The Morgan fingerprint density at radius 2 is 1.62 bits per heavy atom. The number of nitrogens with zero attached hydrogens (tertiary/aromatic N) is 7. The van der Waals surface area contributed by atoms with Crippen LogP contribution in [0.2, 0.25) is 0 Å². The van der Waals surface area contributed by atoms with E-state index in [-0.39, 0.29) is 18.1 Å². The number of rotatable bonds is 7. The molecule has 1 aliphatic heterocycles. The number of aromatic nitrogens is 6. The molecule has 0 aliphatic carbocycles. The fourth-order valence-corrected chi connectivity index (χ4v) is 4.71. The van der Waals surface area contributed by atoms with Crippen molar-refractivity contribution in [1.82, 2.24) is 34.2 Å². The molecule has 0 unspecified atom stereocenters. The Morgan fingerprint density at radius 3 is 2.27 bits per heavy atom. The van der Waals surface area contributed by atoms with Gasteiger partial charge in [0.15, 0.2) is 0 Å². The van der Waals surface area contributed by atoms with Gasteiger partial charge in [-0.3, -0.25) is 24.0 Å². The van der Waals surface area contributed by atoms with E-state index in [1.165, 1.54) is 21.4 Å². The van der Waals surface area contributed by atoms with Crippen LogP contribution in [0.1, 0.15) is 23.7 Å². The summed E-state index contributed by atoms with van der Waals surface area (Å²) in [6.45, 7) is 3.86. The minimum Gasteiger partial charge on any atom is -0.415 e. The van der Waals surface area contributed by atoms with Crippen LogP contribution in [-0.2, 0) is 24.9 Å². The van der Waals surface area contributed by atoms with Gasteiger partial charge in [-0.2, -0.15) is 8.78 Å². The average molecular weight is 552 g/mol. The smallest absolute Gasteiger partial charge is 0.329 e. The molecule has 1 aromatic carbocycles. The summed E-state index contributed by atoms with van der Waals surface area (Å²) in [5.41, 5.74) is 3.32. The lowest BCUT2D eigenvalue weighted by Crippen LogP contribution is -2.35. The second-order valence-electron chi connectivity index (χ2n) is 9.46. The Morgan fingerprint density at radius 1 is 0.925 bits per heavy atom. The molecular formula is C27H24F3N7O3. The maximum Gasteiger partial charge on any atom is 0.329 e. The van der Waals surface area contributed by atoms with Gasteiger partial charge in [0.1, 0.15) is 5.82 Å². The molecule has 13 heteroatoms. The highest BCUT2D eigenvalue weighted by Crippen LogP contribution is 2.28. The fourth-order valence-electron chi connectivity index (χ4n) is 4.71. The van der Waals surface area contributed by atoms with Crippen LogP contribution in [0.15, 0.2) is 58.0 Å². The van der Waals surface area contributed by atoms with E-state index in [9.17, 15) is 13.6 Å². The topological polar surface area (TPSA) is 104 Å². The van der Waals surface area contributed by atoms with Crippen molar-refractivity contribution < 1.29 is 22.3 Å². The first-order valence-electron chi connectivity index (χ1n) is 12.6. The first-order chi connectivity index (χ1) is 19.4. The van der Waals surface area contributed by atoms with Gasteiger partial charge in [0.2, 0.25) is 5.89 Å². The lowest BCUT2D eigenvalue weighted by molar-refractivity contribution is 0.0336. The summed E-state index contributed by atoms with van der Waals surface area (Å²) in [5.74, 6) is -1.35. The van der Waals surface area contributed by atoms with Crippen LogP contribution in [0.5, 0.6) is 0 Å². The maximum atomic E-state index is 15.4. The largest absolute Gasteiger partial charge is 0.415 e. The molecule has 10 nitrogen and oxygen atoms in total. The number of halogens is 3. The molecule has 206 valence electrons. The standard InChI is InChI=1S/C27H24F3N7O3/c1-35-22-10-20(16-2-4-18(31-12-16)14-36-6-8-39-9-7-36)21(28)11-23(22)37(27(35)38)15-19-5-3-17(13-32-19)25-33-34-26(40-25)24(29)30/h2-5,10-13,24H,6-9,14-15H2,1H3. The third-order valence-electron chi connectivity index (χ3n) is 6.88. The second-order valence-corrected chi connectivity index (χ2v) is 9.46. The molecule has 0 amide bonds. The SMILES string of the molecule is Cn1c(=O)n(Cc2ccc(-c3nnc(C(F)F)o3)cn2)c2cc(F)c(-c3ccc(CN4CCOCC4)nc3)cc21. The van der Waals surface area contributed by atoms with Crippen molar-refractivity contribution in [1.29, 1.82) is 0 Å². The van der Waals surface area contributed by atoms with E-state index in [2.05, 4.69) is 25.1 Å². The lowest BCUT2D eigenvalue weighted by Gasteiger charge is -2.26. The molecule has 6 rings (SSSR count). The Labute approximate surface area is 225 Å². The maximum absolute atomic E-state index is 15.4. The molecule has 1 fully saturated rings. The first kappa shape index (κ1) is 25.9. The number of aryl methyl sites for hydroxylation is 1. The molecule has 0 saturated carbocycles. The van der Waals surface area contributed by atoms with E-state index < -0.39 is 18.1 Å². The highest BCUT2D eigenvalue weighted by atomic mass is 19.3. The molecule has 5 aromatic rings. The Bertz CT molecular complexity index is 1710. The van der Waals surface area contributed by atoms with Gasteiger partial charge < -0.3 is 9.15 Å². The number of ether oxygens (including phenoxy) is 1. The minimum absolute atomic E-state index is 0.0686. The summed E-state index contributed by atoms with van der Waals surface area (Å²) in [6, 6.07) is 9.90. The Hall–Kier alpha value is -4.36. The van der Waals surface area contributed by atoms with E-state index in [1.807, 2.05) is 12.1 Å². The second kappa shape index (κ2) is 10.7. The van der Waals surface area contributed by atoms with Gasteiger partial charge in [-0.15, -0.1) is 10.2 Å². The van der Waals surface area contributed by atoms with Crippen LogP contribution in [0, 0.1) is 5.82 Å². The molecule has 0 spiro atoms. The summed E-state index contributed by atoms with van der Waals surface area (Å²) in [7, 11) is 1.62. The van der Waals surface area contributed by atoms with Crippen LogP contribution < -0.4 is 5.69 Å². The molecule has 4 aromatic heterocycles. The summed E-state index contributed by atoms with van der Waals surface area (Å²) < 4.78 is 54.0. The van der Waals surface area contributed by atoms with Crippen molar-refractivity contribution in [3.63, 3.8) is 0 Å².